The number of rotatable bonds is 11. The van der Waals surface area contributed by atoms with Crippen molar-refractivity contribution in [3.63, 3.8) is 0 Å². The molecule has 0 heterocycles. The second-order valence-electron chi connectivity index (χ2n) is 8.54. The van der Waals surface area contributed by atoms with Crippen molar-refractivity contribution in [2.75, 3.05) is 18.0 Å². The Balaban J connectivity index is 1.61. The molecule has 6 nitrogen and oxygen atoms in total. The van der Waals surface area contributed by atoms with E-state index in [4.69, 9.17) is 4.74 Å². The number of sulfonamides is 1. The van der Waals surface area contributed by atoms with E-state index in [1.54, 1.807) is 36.4 Å². The van der Waals surface area contributed by atoms with E-state index >= 15 is 0 Å². The number of ether oxygens (including phenoxy) is 1. The van der Waals surface area contributed by atoms with Gasteiger partial charge < -0.3 is 10.1 Å². The number of para-hydroxylation sites is 1. The highest BCUT2D eigenvalue weighted by Gasteiger charge is 2.28. The van der Waals surface area contributed by atoms with Crippen LogP contribution < -0.4 is 14.4 Å². The highest BCUT2D eigenvalue weighted by molar-refractivity contribution is 7.92. The Bertz CT molecular complexity index is 1410. The fraction of sp³-hybridized carbons (Fsp3) is 0.167. The topological polar surface area (TPSA) is 75.7 Å². The quantitative estimate of drug-likeness (QED) is 0.270. The summed E-state index contributed by atoms with van der Waals surface area (Å²) in [7, 11) is -2.47. The minimum atomic E-state index is -4.00. The fourth-order valence-electron chi connectivity index (χ4n) is 4.04. The molecule has 0 spiro atoms. The van der Waals surface area contributed by atoms with E-state index in [2.05, 4.69) is 17.4 Å². The van der Waals surface area contributed by atoms with Crippen molar-refractivity contribution in [1.82, 2.24) is 5.32 Å². The molecule has 0 radical (unpaired) electrons. The number of anilines is 1. The zero-order valence-corrected chi connectivity index (χ0v) is 21.5. The molecule has 0 aliphatic rings. The molecule has 0 atom stereocenters. The van der Waals surface area contributed by atoms with Crippen LogP contribution in [0.25, 0.3) is 0 Å². The zero-order chi connectivity index (χ0) is 26.1. The van der Waals surface area contributed by atoms with Gasteiger partial charge in [-0.3, -0.25) is 9.10 Å². The Morgan fingerprint density at radius 1 is 0.784 bits per heavy atom. The number of benzene rings is 4. The van der Waals surface area contributed by atoms with Gasteiger partial charge in [-0.2, -0.15) is 0 Å². The molecule has 1 N–H and O–H groups in total. The lowest BCUT2D eigenvalue weighted by atomic mass is 10.1. The van der Waals surface area contributed by atoms with Gasteiger partial charge in [-0.15, -0.1) is 0 Å². The number of hydrogen-bond acceptors (Lipinski definition) is 4. The first kappa shape index (κ1) is 26.0. The maximum Gasteiger partial charge on any atom is 0.264 e. The van der Waals surface area contributed by atoms with Crippen LogP contribution in [0.15, 0.2) is 114 Å². The molecule has 4 aromatic rings. The summed E-state index contributed by atoms with van der Waals surface area (Å²) in [4.78, 5) is 13.3. The number of aryl methyl sites for hydroxylation is 1. The molecule has 0 saturated carbocycles. The first-order valence-electron chi connectivity index (χ1n) is 12.1. The van der Waals surface area contributed by atoms with Gasteiger partial charge in [-0.25, -0.2) is 8.42 Å². The van der Waals surface area contributed by atoms with Gasteiger partial charge in [0.15, 0.2) is 0 Å². The Kier molecular flexibility index (Phi) is 8.59. The largest absolute Gasteiger partial charge is 0.497 e. The van der Waals surface area contributed by atoms with Crippen LogP contribution >= 0.6 is 0 Å². The van der Waals surface area contributed by atoms with Crippen LogP contribution in [-0.4, -0.2) is 28.0 Å². The summed E-state index contributed by atoms with van der Waals surface area (Å²) in [5.74, 6) is 0.246. The number of amides is 1. The van der Waals surface area contributed by atoms with Gasteiger partial charge in [0.25, 0.3) is 15.9 Å². The van der Waals surface area contributed by atoms with Crippen molar-refractivity contribution < 1.29 is 17.9 Å². The molecule has 1 amide bonds. The zero-order valence-electron chi connectivity index (χ0n) is 20.7. The molecule has 7 heteroatoms. The number of hydrogen-bond donors (Lipinski definition) is 1. The van der Waals surface area contributed by atoms with Gasteiger partial charge in [-0.1, -0.05) is 72.8 Å². The van der Waals surface area contributed by atoms with Gasteiger partial charge in [0.05, 0.1) is 29.8 Å². The summed E-state index contributed by atoms with van der Waals surface area (Å²) in [6, 6.07) is 32.5. The molecule has 37 heavy (non-hydrogen) atoms. The van der Waals surface area contributed by atoms with Crippen LogP contribution in [0.1, 0.15) is 27.9 Å². The molecule has 0 aliphatic carbocycles. The molecule has 4 aromatic carbocycles. The smallest absolute Gasteiger partial charge is 0.264 e. The van der Waals surface area contributed by atoms with Crippen molar-refractivity contribution in [2.45, 2.75) is 24.3 Å². The molecular formula is C30H30N2O4S. The Morgan fingerprint density at radius 3 is 2.03 bits per heavy atom. The van der Waals surface area contributed by atoms with Gasteiger partial charge in [0.1, 0.15) is 5.75 Å². The average Bonchev–Trinajstić information content (AvgIpc) is 2.95. The minimum Gasteiger partial charge on any atom is -0.497 e. The maximum absolute atomic E-state index is 13.9. The van der Waals surface area contributed by atoms with Gasteiger partial charge in [0, 0.05) is 6.54 Å². The second-order valence-corrected chi connectivity index (χ2v) is 10.4. The summed E-state index contributed by atoms with van der Waals surface area (Å²) < 4.78 is 34.2. The summed E-state index contributed by atoms with van der Waals surface area (Å²) in [6.07, 6.45) is 1.62. The summed E-state index contributed by atoms with van der Waals surface area (Å²) in [5.41, 5.74) is 2.63. The van der Waals surface area contributed by atoms with Crippen LogP contribution in [0, 0.1) is 0 Å². The van der Waals surface area contributed by atoms with E-state index in [0.29, 0.717) is 23.5 Å². The Morgan fingerprint density at radius 2 is 1.38 bits per heavy atom. The number of methoxy groups -OCH3 is 1. The number of carbonyl (C=O) groups excluding carboxylic acids is 1. The standard InChI is InChI=1S/C30H30N2O4S/c1-36-26-18-20-27(21-19-26)37(34,35)32(23-25-13-6-3-7-14-25)29-17-9-8-16-28(29)30(33)31-22-10-15-24-11-4-2-5-12-24/h2-9,11-14,16-21H,10,15,22-23H2,1H3,(H,31,33). The van der Waals surface area contributed by atoms with E-state index in [9.17, 15) is 13.2 Å². The van der Waals surface area contributed by atoms with Crippen molar-refractivity contribution >= 4 is 21.6 Å². The maximum atomic E-state index is 13.9. The lowest BCUT2D eigenvalue weighted by Crippen LogP contribution is -2.33. The van der Waals surface area contributed by atoms with Gasteiger partial charge >= 0.3 is 0 Å². The van der Waals surface area contributed by atoms with Crippen molar-refractivity contribution in [3.8, 4) is 5.75 Å². The minimum absolute atomic E-state index is 0.0769. The van der Waals surface area contributed by atoms with Crippen molar-refractivity contribution in [3.05, 3.63) is 126 Å². The molecular weight excluding hydrogens is 484 g/mol. The summed E-state index contributed by atoms with van der Waals surface area (Å²) in [6.45, 7) is 0.555. The van der Waals surface area contributed by atoms with E-state index < -0.39 is 10.0 Å². The normalized spacial score (nSPS) is 11.1. The third-order valence-electron chi connectivity index (χ3n) is 6.00. The Hall–Kier alpha value is -4.10. The fourth-order valence-corrected chi connectivity index (χ4v) is 5.51. The third-order valence-corrected chi connectivity index (χ3v) is 7.78. The molecule has 4 rings (SSSR count). The highest BCUT2D eigenvalue weighted by atomic mass is 32.2. The Labute approximate surface area is 218 Å². The van der Waals surface area contributed by atoms with Crippen LogP contribution in [-0.2, 0) is 23.0 Å². The lowest BCUT2D eigenvalue weighted by molar-refractivity contribution is 0.0954. The van der Waals surface area contributed by atoms with E-state index in [1.807, 2.05) is 48.5 Å². The van der Waals surface area contributed by atoms with E-state index in [-0.39, 0.29) is 17.3 Å². The number of nitrogens with zero attached hydrogens (tertiary/aromatic N) is 1. The molecule has 0 unspecified atom stereocenters. The first-order valence-corrected chi connectivity index (χ1v) is 13.5. The van der Waals surface area contributed by atoms with E-state index in [0.717, 1.165) is 18.4 Å². The van der Waals surface area contributed by atoms with Crippen LogP contribution in [0.5, 0.6) is 5.75 Å². The van der Waals surface area contributed by atoms with Crippen LogP contribution in [0.2, 0.25) is 0 Å². The SMILES string of the molecule is COc1ccc(S(=O)(=O)N(Cc2ccccc2)c2ccccc2C(=O)NCCCc2ccccc2)cc1. The highest BCUT2D eigenvalue weighted by Crippen LogP contribution is 2.30. The van der Waals surface area contributed by atoms with Crippen LogP contribution in [0.3, 0.4) is 0 Å². The second kappa shape index (κ2) is 12.2. The number of carbonyl (C=O) groups is 1. The summed E-state index contributed by atoms with van der Waals surface area (Å²) >= 11 is 0. The third kappa shape index (κ3) is 6.57. The lowest BCUT2D eigenvalue weighted by Gasteiger charge is -2.26. The van der Waals surface area contributed by atoms with Crippen molar-refractivity contribution in [2.24, 2.45) is 0 Å². The molecule has 0 bridgehead atoms. The molecule has 0 aromatic heterocycles. The number of nitrogens with one attached hydrogen (secondary N) is 1. The van der Waals surface area contributed by atoms with Gasteiger partial charge in [-0.05, 0) is 60.4 Å². The van der Waals surface area contributed by atoms with Gasteiger partial charge in [0.2, 0.25) is 0 Å². The van der Waals surface area contributed by atoms with E-state index in [1.165, 1.54) is 29.1 Å². The summed E-state index contributed by atoms with van der Waals surface area (Å²) in [5, 5.41) is 2.96. The predicted molar refractivity (Wildman–Crippen MR) is 146 cm³/mol. The molecule has 0 fully saturated rings. The molecule has 190 valence electrons. The molecule has 0 saturated heterocycles. The monoisotopic (exact) mass is 514 g/mol. The average molecular weight is 515 g/mol. The molecule has 0 aliphatic heterocycles. The van der Waals surface area contributed by atoms with Crippen molar-refractivity contribution in [1.29, 1.82) is 0 Å². The first-order chi connectivity index (χ1) is 18.0. The predicted octanol–water partition coefficient (Wildman–Crippen LogP) is 5.45. The van der Waals surface area contributed by atoms with Crippen LogP contribution in [0.4, 0.5) is 5.69 Å².